The lowest BCUT2D eigenvalue weighted by atomic mass is 10.0. The lowest BCUT2D eigenvalue weighted by Crippen LogP contribution is -2.31. The molecular formula is C55H95N3O9. The van der Waals surface area contributed by atoms with E-state index >= 15 is 0 Å². The summed E-state index contributed by atoms with van der Waals surface area (Å²) < 4.78 is 36.5. The summed E-state index contributed by atoms with van der Waals surface area (Å²) in [5, 5.41) is 8.45. The first-order valence-electron chi connectivity index (χ1n) is 26.7. The molecule has 1 atom stereocenters. The lowest BCUT2D eigenvalue weighted by molar-refractivity contribution is -0.160. The van der Waals surface area contributed by atoms with Gasteiger partial charge in [0.15, 0.2) is 6.10 Å². The largest absolute Gasteiger partial charge is 0.463 e. The fourth-order valence-electron chi connectivity index (χ4n) is 7.75. The van der Waals surface area contributed by atoms with Gasteiger partial charge in [0.1, 0.15) is 13.2 Å². The third-order valence-electron chi connectivity index (χ3n) is 12.3. The Bertz CT molecular complexity index is 1520. The molecule has 384 valence electrons. The van der Waals surface area contributed by atoms with E-state index in [2.05, 4.69) is 50.1 Å². The minimum absolute atomic E-state index is 0.0433. The lowest BCUT2D eigenvalue weighted by Gasteiger charge is -2.30. The van der Waals surface area contributed by atoms with Crippen LogP contribution in [0, 0.1) is 0 Å². The van der Waals surface area contributed by atoms with Gasteiger partial charge in [-0.1, -0.05) is 178 Å². The van der Waals surface area contributed by atoms with E-state index < -0.39 is 6.10 Å². The van der Waals surface area contributed by atoms with Gasteiger partial charge < -0.3 is 28.4 Å². The second-order valence-corrected chi connectivity index (χ2v) is 19.8. The van der Waals surface area contributed by atoms with Gasteiger partial charge in [-0.25, -0.2) is 4.68 Å². The van der Waals surface area contributed by atoms with Gasteiger partial charge in [0.05, 0.1) is 49.7 Å². The molecule has 0 spiro atoms. The van der Waals surface area contributed by atoms with Crippen LogP contribution in [0.1, 0.15) is 226 Å². The maximum absolute atomic E-state index is 12.9. The first-order chi connectivity index (χ1) is 32.4. The van der Waals surface area contributed by atoms with Gasteiger partial charge in [-0.15, -0.1) is 5.10 Å². The molecule has 0 radical (unpaired) electrons. The van der Waals surface area contributed by atoms with Gasteiger partial charge in [0, 0.05) is 32.1 Å². The highest BCUT2D eigenvalue weighted by atomic mass is 16.6. The zero-order valence-electron chi connectivity index (χ0n) is 43.3. The van der Waals surface area contributed by atoms with Gasteiger partial charge >= 0.3 is 17.9 Å². The van der Waals surface area contributed by atoms with E-state index in [4.69, 9.17) is 28.4 Å². The zero-order valence-corrected chi connectivity index (χ0v) is 43.3. The number of aromatic nitrogens is 3. The van der Waals surface area contributed by atoms with E-state index in [0.29, 0.717) is 57.8 Å². The molecule has 0 amide bonds. The predicted octanol–water partition coefficient (Wildman–Crippen LogP) is 13.2. The van der Waals surface area contributed by atoms with Gasteiger partial charge in [-0.3, -0.25) is 14.4 Å². The van der Waals surface area contributed by atoms with Crippen molar-refractivity contribution in [3.05, 3.63) is 47.8 Å². The molecule has 1 aromatic carbocycles. The Morgan fingerprint density at radius 2 is 1.07 bits per heavy atom. The average Bonchev–Trinajstić information content (AvgIpc) is 3.76. The summed E-state index contributed by atoms with van der Waals surface area (Å²) in [6.07, 6.45) is 30.2. The number of unbranched alkanes of at least 4 members (excludes halogenated alkanes) is 20. The van der Waals surface area contributed by atoms with Crippen LogP contribution in [0.2, 0.25) is 0 Å². The molecule has 0 saturated carbocycles. The van der Waals surface area contributed by atoms with E-state index in [0.717, 1.165) is 50.5 Å². The molecule has 12 nitrogen and oxygen atoms in total. The summed E-state index contributed by atoms with van der Waals surface area (Å²) in [5.41, 5.74) is 1.09. The summed E-state index contributed by atoms with van der Waals surface area (Å²) in [6, 6.07) is 10.2. The molecule has 0 N–H and O–H groups in total. The molecule has 1 unspecified atom stereocenters. The number of carbonyl (C=O) groups excluding carboxylic acids is 3. The highest BCUT2D eigenvalue weighted by Gasteiger charge is 2.23. The zero-order chi connectivity index (χ0) is 48.7. The summed E-state index contributed by atoms with van der Waals surface area (Å²) in [6.45, 7) is 15.0. The van der Waals surface area contributed by atoms with Gasteiger partial charge in [-0.2, -0.15) is 0 Å². The third kappa shape index (κ3) is 34.6. The minimum atomic E-state index is -0.699. The standard InChI is InChI=1S/C55H95N3O9/c1-7-9-11-13-15-17-19-21-23-25-30-34-51(59)64-47-50(67-53(61)35-31-26-24-22-20-18-16-14-12-10-8-2)45-58-44-49(56-57-58)36-37-52(60)63-43-42-62-40-38-54(3,4)65-41-39-55(5,6)66-46-48-32-28-27-29-33-48/h27-29,32-33,44,50H,7-26,30-31,34-43,45-47H2,1-6H3. The quantitative estimate of drug-likeness (QED) is 0.0356. The topological polar surface area (TPSA) is 137 Å². The first kappa shape index (κ1) is 59.8. The van der Waals surface area contributed by atoms with Crippen LogP contribution in [-0.2, 0) is 62.4 Å². The number of benzene rings is 1. The van der Waals surface area contributed by atoms with Crippen molar-refractivity contribution in [1.82, 2.24) is 15.0 Å². The van der Waals surface area contributed by atoms with Gasteiger partial charge in [0.25, 0.3) is 0 Å². The number of rotatable bonds is 45. The molecule has 12 heteroatoms. The van der Waals surface area contributed by atoms with Crippen LogP contribution < -0.4 is 0 Å². The van der Waals surface area contributed by atoms with Gasteiger partial charge in [-0.05, 0) is 58.9 Å². The molecule has 0 saturated heterocycles. The Kier molecular flexibility index (Phi) is 34.3. The SMILES string of the molecule is CCCCCCCCCCCCCC(=O)OCC(Cn1cc(CCC(=O)OCCOCCC(C)(C)OCCC(C)(C)OCc2ccccc2)nn1)OC(=O)CCCCCCCCCCCCC. The Hall–Kier alpha value is -3.35. The number of esters is 3. The van der Waals surface area contributed by atoms with Crippen molar-refractivity contribution in [1.29, 1.82) is 0 Å². The van der Waals surface area contributed by atoms with Crippen molar-refractivity contribution in [2.75, 3.05) is 33.0 Å². The van der Waals surface area contributed by atoms with Crippen LogP contribution >= 0.6 is 0 Å². The van der Waals surface area contributed by atoms with Crippen molar-refractivity contribution in [3.63, 3.8) is 0 Å². The van der Waals surface area contributed by atoms with Crippen molar-refractivity contribution >= 4 is 17.9 Å². The normalized spacial score (nSPS) is 12.3. The molecule has 0 bridgehead atoms. The highest BCUT2D eigenvalue weighted by molar-refractivity contribution is 5.70. The Balaban J connectivity index is 1.69. The molecule has 0 aliphatic carbocycles. The molecule has 2 rings (SSSR count). The van der Waals surface area contributed by atoms with Crippen molar-refractivity contribution in [3.8, 4) is 0 Å². The second kappa shape index (κ2) is 38.5. The van der Waals surface area contributed by atoms with E-state index in [1.165, 1.54) is 103 Å². The number of carbonyl (C=O) groups is 3. The predicted molar refractivity (Wildman–Crippen MR) is 268 cm³/mol. The maximum atomic E-state index is 12.9. The monoisotopic (exact) mass is 942 g/mol. The highest BCUT2D eigenvalue weighted by Crippen LogP contribution is 2.21. The summed E-state index contributed by atoms with van der Waals surface area (Å²) in [7, 11) is 0. The average molecular weight is 942 g/mol. The van der Waals surface area contributed by atoms with Crippen LogP contribution in [0.15, 0.2) is 36.5 Å². The maximum Gasteiger partial charge on any atom is 0.306 e. The smallest absolute Gasteiger partial charge is 0.306 e. The fraction of sp³-hybridized carbons (Fsp3) is 0.800. The second-order valence-electron chi connectivity index (χ2n) is 19.8. The Labute approximate surface area is 407 Å². The summed E-state index contributed by atoms with van der Waals surface area (Å²) in [4.78, 5) is 38.2. The Morgan fingerprint density at radius 3 is 1.66 bits per heavy atom. The van der Waals surface area contributed by atoms with Crippen LogP contribution in [-0.4, -0.2) is 83.2 Å². The third-order valence-corrected chi connectivity index (χ3v) is 12.3. The molecule has 0 fully saturated rings. The van der Waals surface area contributed by atoms with E-state index in [9.17, 15) is 14.4 Å². The number of hydrogen-bond donors (Lipinski definition) is 0. The number of nitrogens with zero attached hydrogens (tertiary/aromatic N) is 3. The molecule has 0 aliphatic heterocycles. The number of aryl methyl sites for hydroxylation is 1. The Morgan fingerprint density at radius 1 is 0.567 bits per heavy atom. The van der Waals surface area contributed by atoms with Crippen molar-refractivity contribution in [2.24, 2.45) is 0 Å². The van der Waals surface area contributed by atoms with Crippen LogP contribution in [0.3, 0.4) is 0 Å². The minimum Gasteiger partial charge on any atom is -0.463 e. The number of hydrogen-bond acceptors (Lipinski definition) is 11. The molecule has 1 aromatic heterocycles. The summed E-state index contributed by atoms with van der Waals surface area (Å²) >= 11 is 0. The number of ether oxygens (including phenoxy) is 6. The molecule has 67 heavy (non-hydrogen) atoms. The van der Waals surface area contributed by atoms with E-state index in [1.54, 1.807) is 10.9 Å². The van der Waals surface area contributed by atoms with Crippen LogP contribution in [0.5, 0.6) is 0 Å². The van der Waals surface area contributed by atoms with E-state index in [1.807, 2.05) is 32.0 Å². The fourth-order valence-corrected chi connectivity index (χ4v) is 7.75. The van der Waals surface area contributed by atoms with Crippen molar-refractivity contribution in [2.45, 2.75) is 252 Å². The van der Waals surface area contributed by atoms with Crippen molar-refractivity contribution < 1.29 is 42.8 Å². The molecule has 0 aliphatic rings. The first-order valence-corrected chi connectivity index (χ1v) is 26.7. The van der Waals surface area contributed by atoms with Crippen LogP contribution in [0.4, 0.5) is 0 Å². The van der Waals surface area contributed by atoms with Crippen LogP contribution in [0.25, 0.3) is 0 Å². The molecule has 1 heterocycles. The molecule has 2 aromatic rings. The van der Waals surface area contributed by atoms with Gasteiger partial charge in [0.2, 0.25) is 0 Å². The molecular weight excluding hydrogens is 847 g/mol. The summed E-state index contributed by atoms with van der Waals surface area (Å²) in [5.74, 6) is -0.926. The van der Waals surface area contributed by atoms with E-state index in [-0.39, 0.29) is 55.3 Å².